The second kappa shape index (κ2) is 5.67. The zero-order chi connectivity index (χ0) is 14.9. The Balaban J connectivity index is 2.51. The van der Waals surface area contributed by atoms with Gasteiger partial charge in [0.25, 0.3) is 0 Å². The summed E-state index contributed by atoms with van der Waals surface area (Å²) in [4.78, 5) is 0.110. The maximum absolute atomic E-state index is 13.6. The van der Waals surface area contributed by atoms with Crippen molar-refractivity contribution < 1.29 is 17.5 Å². The summed E-state index contributed by atoms with van der Waals surface area (Å²) in [5, 5.41) is 0. The average molecular weight is 302 g/mol. The van der Waals surface area contributed by atoms with E-state index >= 15 is 0 Å². The van der Waals surface area contributed by atoms with Crippen LogP contribution in [0.3, 0.4) is 0 Å². The maximum Gasteiger partial charge on any atom is 0.243 e. The van der Waals surface area contributed by atoms with Gasteiger partial charge in [-0.05, 0) is 37.5 Å². The molecule has 0 atom stereocenters. The van der Waals surface area contributed by atoms with Crippen molar-refractivity contribution in [1.82, 2.24) is 4.31 Å². The lowest BCUT2D eigenvalue weighted by atomic mass is 10.1. The number of hydrogen-bond acceptors (Lipinski definition) is 4. The van der Waals surface area contributed by atoms with Gasteiger partial charge in [0.15, 0.2) is 0 Å². The van der Waals surface area contributed by atoms with Crippen LogP contribution >= 0.6 is 0 Å². The van der Waals surface area contributed by atoms with Crippen LogP contribution in [0.1, 0.15) is 17.5 Å². The number of sulfonamides is 1. The molecule has 1 aliphatic heterocycles. The van der Waals surface area contributed by atoms with Crippen molar-refractivity contribution in [3.05, 3.63) is 23.0 Å². The fourth-order valence-electron chi connectivity index (χ4n) is 2.42. The first kappa shape index (κ1) is 15.2. The van der Waals surface area contributed by atoms with Gasteiger partial charge in [-0.25, -0.2) is 12.8 Å². The molecule has 0 saturated carbocycles. The molecule has 0 amide bonds. The number of hydrogen-bond donors (Lipinski definition) is 1. The fourth-order valence-corrected chi connectivity index (χ4v) is 4.33. The van der Waals surface area contributed by atoms with Crippen LogP contribution in [-0.4, -0.2) is 39.0 Å². The van der Waals surface area contributed by atoms with E-state index in [0.717, 1.165) is 0 Å². The van der Waals surface area contributed by atoms with Gasteiger partial charge in [0, 0.05) is 19.7 Å². The zero-order valence-electron chi connectivity index (χ0n) is 11.6. The van der Waals surface area contributed by atoms with Crippen molar-refractivity contribution >= 4 is 15.7 Å². The van der Waals surface area contributed by atoms with Crippen molar-refractivity contribution in [3.8, 4) is 0 Å². The van der Waals surface area contributed by atoms with Crippen molar-refractivity contribution in [3.63, 3.8) is 0 Å². The third kappa shape index (κ3) is 2.65. The van der Waals surface area contributed by atoms with Crippen LogP contribution in [0.5, 0.6) is 0 Å². The normalized spacial score (nSPS) is 17.9. The van der Waals surface area contributed by atoms with Crippen LogP contribution in [-0.2, 0) is 14.8 Å². The SMILES string of the molecule is Cc1cc(F)c(N)c(C)c1S(=O)(=O)N1CCCOCC1. The second-order valence-electron chi connectivity index (χ2n) is 4.91. The second-order valence-corrected chi connectivity index (χ2v) is 6.79. The first-order chi connectivity index (χ1) is 9.35. The Morgan fingerprint density at radius 3 is 2.70 bits per heavy atom. The molecule has 0 radical (unpaired) electrons. The molecular formula is C13H19FN2O3S. The molecule has 1 aromatic carbocycles. The van der Waals surface area contributed by atoms with Crippen LogP contribution in [0.15, 0.2) is 11.0 Å². The molecule has 0 spiro atoms. The summed E-state index contributed by atoms with van der Waals surface area (Å²) in [6.07, 6.45) is 0.647. The molecule has 1 fully saturated rings. The highest BCUT2D eigenvalue weighted by Gasteiger charge is 2.29. The fraction of sp³-hybridized carbons (Fsp3) is 0.538. The zero-order valence-corrected chi connectivity index (χ0v) is 12.5. The van der Waals surface area contributed by atoms with E-state index in [4.69, 9.17) is 10.5 Å². The van der Waals surface area contributed by atoms with E-state index in [1.165, 1.54) is 17.3 Å². The molecule has 1 aliphatic rings. The van der Waals surface area contributed by atoms with Crippen LogP contribution in [0.2, 0.25) is 0 Å². The first-order valence-corrected chi connectivity index (χ1v) is 7.92. The smallest absolute Gasteiger partial charge is 0.243 e. The summed E-state index contributed by atoms with van der Waals surface area (Å²) in [6, 6.07) is 1.17. The Hall–Kier alpha value is -1.18. The summed E-state index contributed by atoms with van der Waals surface area (Å²) in [5.41, 5.74) is 6.16. The van der Waals surface area contributed by atoms with Crippen molar-refractivity contribution in [1.29, 1.82) is 0 Å². The number of rotatable bonds is 2. The topological polar surface area (TPSA) is 72.6 Å². The number of nitrogens with zero attached hydrogens (tertiary/aromatic N) is 1. The summed E-state index contributed by atoms with van der Waals surface area (Å²) >= 11 is 0. The molecular weight excluding hydrogens is 283 g/mol. The summed E-state index contributed by atoms with van der Waals surface area (Å²) in [5.74, 6) is -0.585. The van der Waals surface area contributed by atoms with E-state index in [1.54, 1.807) is 6.92 Å². The molecule has 1 saturated heterocycles. The van der Waals surface area contributed by atoms with Gasteiger partial charge >= 0.3 is 0 Å². The van der Waals surface area contributed by atoms with Crippen LogP contribution in [0.25, 0.3) is 0 Å². The maximum atomic E-state index is 13.6. The molecule has 1 heterocycles. The summed E-state index contributed by atoms with van der Waals surface area (Å²) in [6.45, 7) is 4.74. The van der Waals surface area contributed by atoms with E-state index in [-0.39, 0.29) is 16.1 Å². The lowest BCUT2D eigenvalue weighted by Gasteiger charge is -2.22. The quantitative estimate of drug-likeness (QED) is 0.839. The number of anilines is 1. The minimum atomic E-state index is -3.68. The Kier molecular flexibility index (Phi) is 4.31. The van der Waals surface area contributed by atoms with E-state index in [1.807, 2.05) is 0 Å². The number of benzene rings is 1. The third-order valence-electron chi connectivity index (χ3n) is 3.48. The van der Waals surface area contributed by atoms with Gasteiger partial charge in [0.05, 0.1) is 17.2 Å². The Bertz CT molecular complexity index is 609. The van der Waals surface area contributed by atoms with E-state index in [9.17, 15) is 12.8 Å². The lowest BCUT2D eigenvalue weighted by molar-refractivity contribution is 0.148. The predicted octanol–water partition coefficient (Wildman–Crippen LogP) is 1.44. The van der Waals surface area contributed by atoms with Crippen molar-refractivity contribution in [2.75, 3.05) is 32.0 Å². The molecule has 2 N–H and O–H groups in total. The highest BCUT2D eigenvalue weighted by atomic mass is 32.2. The van der Waals surface area contributed by atoms with Gasteiger partial charge in [0.1, 0.15) is 5.82 Å². The van der Waals surface area contributed by atoms with Gasteiger partial charge in [0.2, 0.25) is 10.0 Å². The highest BCUT2D eigenvalue weighted by Crippen LogP contribution is 2.30. The first-order valence-electron chi connectivity index (χ1n) is 6.48. The Morgan fingerprint density at radius 1 is 1.30 bits per heavy atom. The third-order valence-corrected chi connectivity index (χ3v) is 5.67. The van der Waals surface area contributed by atoms with Gasteiger partial charge in [-0.15, -0.1) is 0 Å². The van der Waals surface area contributed by atoms with Crippen LogP contribution < -0.4 is 5.73 Å². The molecule has 20 heavy (non-hydrogen) atoms. The monoisotopic (exact) mass is 302 g/mol. The predicted molar refractivity (Wildman–Crippen MR) is 74.5 cm³/mol. The number of nitrogens with two attached hydrogens (primary N) is 1. The average Bonchev–Trinajstić information content (AvgIpc) is 2.65. The standard InChI is InChI=1S/C13H19FN2O3S/c1-9-8-11(14)12(15)10(2)13(9)20(17,18)16-4-3-6-19-7-5-16/h8H,3-7,15H2,1-2H3. The number of ether oxygens (including phenoxy) is 1. The Labute approximate surface area is 118 Å². The Morgan fingerprint density at radius 2 is 2.00 bits per heavy atom. The van der Waals surface area contributed by atoms with E-state index in [2.05, 4.69) is 0 Å². The molecule has 0 bridgehead atoms. The van der Waals surface area contributed by atoms with Gasteiger partial charge in [-0.2, -0.15) is 4.31 Å². The van der Waals surface area contributed by atoms with Crippen molar-refractivity contribution in [2.24, 2.45) is 0 Å². The largest absolute Gasteiger partial charge is 0.396 e. The minimum absolute atomic E-state index is 0.110. The molecule has 112 valence electrons. The molecule has 0 aromatic heterocycles. The van der Waals surface area contributed by atoms with Crippen molar-refractivity contribution in [2.45, 2.75) is 25.2 Å². The number of halogens is 1. The van der Waals surface area contributed by atoms with Gasteiger partial charge < -0.3 is 10.5 Å². The van der Waals surface area contributed by atoms with Gasteiger partial charge in [-0.3, -0.25) is 0 Å². The summed E-state index contributed by atoms with van der Waals surface area (Å²) < 4.78 is 45.7. The molecule has 0 unspecified atom stereocenters. The highest BCUT2D eigenvalue weighted by molar-refractivity contribution is 7.89. The molecule has 5 nitrogen and oxygen atoms in total. The minimum Gasteiger partial charge on any atom is -0.396 e. The number of aryl methyl sites for hydroxylation is 1. The van der Waals surface area contributed by atoms with E-state index in [0.29, 0.717) is 38.3 Å². The molecule has 1 aromatic rings. The molecule has 0 aliphatic carbocycles. The summed E-state index contributed by atoms with van der Waals surface area (Å²) in [7, 11) is -3.68. The molecule has 2 rings (SSSR count). The van der Waals surface area contributed by atoms with Gasteiger partial charge in [-0.1, -0.05) is 0 Å². The number of nitrogen functional groups attached to an aromatic ring is 1. The molecule has 7 heteroatoms. The van der Waals surface area contributed by atoms with Crippen LogP contribution in [0, 0.1) is 19.7 Å². The van der Waals surface area contributed by atoms with Crippen LogP contribution in [0.4, 0.5) is 10.1 Å². The van der Waals surface area contributed by atoms with E-state index < -0.39 is 15.8 Å². The lowest BCUT2D eigenvalue weighted by Crippen LogP contribution is -2.34.